The van der Waals surface area contributed by atoms with Crippen molar-refractivity contribution in [1.82, 2.24) is 20.1 Å². The van der Waals surface area contributed by atoms with Gasteiger partial charge in [-0.25, -0.2) is 14.2 Å². The lowest BCUT2D eigenvalue weighted by atomic mass is 10.00. The number of rotatable bonds is 6. The third-order valence-corrected chi connectivity index (χ3v) is 6.30. The maximum atomic E-state index is 14.7. The van der Waals surface area contributed by atoms with Gasteiger partial charge in [-0.1, -0.05) is 35.9 Å². The van der Waals surface area contributed by atoms with E-state index in [1.165, 1.54) is 17.2 Å². The van der Waals surface area contributed by atoms with Crippen molar-refractivity contribution >= 4 is 23.6 Å². The van der Waals surface area contributed by atoms with Crippen molar-refractivity contribution in [3.05, 3.63) is 88.5 Å². The molecule has 1 fully saturated rings. The number of halogens is 2. The maximum Gasteiger partial charge on any atom is 0.407 e. The summed E-state index contributed by atoms with van der Waals surface area (Å²) in [4.78, 5) is 31.2. The topological polar surface area (TPSA) is 85.8 Å². The molecule has 1 aliphatic rings. The first-order valence-electron chi connectivity index (χ1n) is 11.3. The van der Waals surface area contributed by atoms with Crippen LogP contribution in [-0.2, 0) is 13.1 Å². The zero-order valence-corrected chi connectivity index (χ0v) is 20.0. The molecule has 0 aliphatic carbocycles. The molecule has 1 saturated heterocycles. The van der Waals surface area contributed by atoms with Gasteiger partial charge in [-0.15, -0.1) is 0 Å². The zero-order chi connectivity index (χ0) is 24.9. The predicted octanol–water partition coefficient (Wildman–Crippen LogP) is 4.66. The smallest absolute Gasteiger partial charge is 0.407 e. The monoisotopic (exact) mass is 496 g/mol. The first-order valence-corrected chi connectivity index (χ1v) is 11.7. The molecule has 0 saturated carbocycles. The van der Waals surface area contributed by atoms with Crippen molar-refractivity contribution < 1.29 is 19.1 Å². The van der Waals surface area contributed by atoms with Crippen molar-refractivity contribution in [1.29, 1.82) is 0 Å². The molecule has 1 aromatic heterocycles. The van der Waals surface area contributed by atoms with Gasteiger partial charge < -0.3 is 15.3 Å². The Balaban J connectivity index is 1.44. The Morgan fingerprint density at radius 1 is 1.14 bits per heavy atom. The number of benzene rings is 2. The number of hydrogen-bond acceptors (Lipinski definition) is 4. The molecule has 9 heteroatoms. The largest absolute Gasteiger partial charge is 0.465 e. The normalized spacial score (nSPS) is 16.2. The van der Waals surface area contributed by atoms with E-state index in [-0.39, 0.29) is 24.3 Å². The fourth-order valence-electron chi connectivity index (χ4n) is 4.25. The van der Waals surface area contributed by atoms with E-state index in [0.717, 1.165) is 16.7 Å². The van der Waals surface area contributed by atoms with Crippen molar-refractivity contribution in [2.24, 2.45) is 0 Å². The van der Waals surface area contributed by atoms with Gasteiger partial charge in [-0.2, -0.15) is 0 Å². The zero-order valence-electron chi connectivity index (χ0n) is 19.2. The fourth-order valence-corrected chi connectivity index (χ4v) is 4.37. The average Bonchev–Trinajstić information content (AvgIpc) is 2.84. The van der Waals surface area contributed by atoms with Gasteiger partial charge in [0.2, 0.25) is 0 Å². The van der Waals surface area contributed by atoms with Gasteiger partial charge in [-0.3, -0.25) is 9.69 Å². The molecule has 0 spiro atoms. The molecule has 7 nitrogen and oxygen atoms in total. The van der Waals surface area contributed by atoms with E-state index in [9.17, 15) is 19.1 Å². The highest BCUT2D eigenvalue weighted by molar-refractivity contribution is 6.29. The van der Waals surface area contributed by atoms with Crippen LogP contribution in [0.1, 0.15) is 28.4 Å². The molecule has 2 aromatic carbocycles. The number of carboxylic acid groups (broad SMARTS) is 1. The molecule has 1 atom stereocenters. The van der Waals surface area contributed by atoms with Crippen LogP contribution in [0, 0.1) is 5.82 Å². The molecular weight excluding hydrogens is 471 g/mol. The summed E-state index contributed by atoms with van der Waals surface area (Å²) in [6, 6.07) is 15.5. The molecule has 0 unspecified atom stereocenters. The van der Waals surface area contributed by atoms with Crippen molar-refractivity contribution in [2.75, 3.05) is 19.6 Å². The van der Waals surface area contributed by atoms with Crippen LogP contribution in [0.3, 0.4) is 0 Å². The summed E-state index contributed by atoms with van der Waals surface area (Å²) in [5.74, 6) is -0.637. The van der Waals surface area contributed by atoms with Crippen LogP contribution in [0.4, 0.5) is 9.18 Å². The number of nitrogens with one attached hydrogen (secondary N) is 1. The Hall–Kier alpha value is -3.49. The SMILES string of the molecule is C[C@H]1CN(Cc2cccc(-c3cc(CNC(=O)c4ccc(Cl)nc4)ccc3F)c2)CCN1C(=O)O. The molecule has 4 rings (SSSR count). The first-order chi connectivity index (χ1) is 16.8. The van der Waals surface area contributed by atoms with E-state index in [1.807, 2.05) is 31.2 Å². The third kappa shape index (κ3) is 6.15. The molecular formula is C26H26ClFN4O3. The summed E-state index contributed by atoms with van der Waals surface area (Å²) in [6.07, 6.45) is 0.511. The highest BCUT2D eigenvalue weighted by atomic mass is 35.5. The number of nitrogens with zero attached hydrogens (tertiary/aromatic N) is 3. The van der Waals surface area contributed by atoms with E-state index in [0.29, 0.717) is 42.5 Å². The minimum atomic E-state index is -0.893. The van der Waals surface area contributed by atoms with Gasteiger partial charge in [0.15, 0.2) is 0 Å². The molecule has 3 aromatic rings. The summed E-state index contributed by atoms with van der Waals surface area (Å²) >= 11 is 5.76. The van der Waals surface area contributed by atoms with Gasteiger partial charge in [0.1, 0.15) is 11.0 Å². The number of pyridine rings is 1. The second-order valence-corrected chi connectivity index (χ2v) is 9.01. The van der Waals surface area contributed by atoms with Gasteiger partial charge >= 0.3 is 6.09 Å². The fraction of sp³-hybridized carbons (Fsp3) is 0.269. The van der Waals surface area contributed by atoms with E-state index in [1.54, 1.807) is 24.3 Å². The molecule has 2 heterocycles. The van der Waals surface area contributed by atoms with Crippen LogP contribution in [0.25, 0.3) is 11.1 Å². The summed E-state index contributed by atoms with van der Waals surface area (Å²) in [5.41, 5.74) is 3.37. The Morgan fingerprint density at radius 2 is 1.97 bits per heavy atom. The van der Waals surface area contributed by atoms with Crippen LogP contribution >= 0.6 is 11.6 Å². The second-order valence-electron chi connectivity index (χ2n) is 8.63. The number of carbonyl (C=O) groups is 2. The molecule has 0 radical (unpaired) electrons. The van der Waals surface area contributed by atoms with Gasteiger partial charge in [0, 0.05) is 50.5 Å². The number of hydrogen-bond donors (Lipinski definition) is 2. The summed E-state index contributed by atoms with van der Waals surface area (Å²) < 4.78 is 14.7. The minimum absolute atomic E-state index is 0.0857. The van der Waals surface area contributed by atoms with Gasteiger partial charge in [0.25, 0.3) is 5.91 Å². The van der Waals surface area contributed by atoms with Gasteiger partial charge in [-0.05, 0) is 53.9 Å². The van der Waals surface area contributed by atoms with Crippen LogP contribution in [-0.4, -0.2) is 57.6 Å². The molecule has 2 amide bonds. The highest BCUT2D eigenvalue weighted by Gasteiger charge is 2.27. The van der Waals surface area contributed by atoms with Crippen molar-refractivity contribution in [3.8, 4) is 11.1 Å². The molecule has 2 N–H and O–H groups in total. The van der Waals surface area contributed by atoms with Crippen molar-refractivity contribution in [3.63, 3.8) is 0 Å². The first kappa shape index (κ1) is 24.6. The van der Waals surface area contributed by atoms with E-state index < -0.39 is 6.09 Å². The Bertz CT molecular complexity index is 1220. The lowest BCUT2D eigenvalue weighted by Gasteiger charge is -2.38. The summed E-state index contributed by atoms with van der Waals surface area (Å²) in [7, 11) is 0. The minimum Gasteiger partial charge on any atom is -0.465 e. The average molecular weight is 497 g/mol. The van der Waals surface area contributed by atoms with E-state index in [2.05, 4.69) is 15.2 Å². The molecule has 1 aliphatic heterocycles. The quantitative estimate of drug-likeness (QED) is 0.485. The highest BCUT2D eigenvalue weighted by Crippen LogP contribution is 2.26. The van der Waals surface area contributed by atoms with Crippen LogP contribution in [0.5, 0.6) is 0 Å². The van der Waals surface area contributed by atoms with Gasteiger partial charge in [0.05, 0.1) is 5.56 Å². The standard InChI is InChI=1S/C26H26ClFN4O3/c1-17-15-31(9-10-32(17)26(34)35)16-19-3-2-4-20(11-19)22-12-18(5-7-23(22)28)13-30-25(33)21-6-8-24(27)29-14-21/h2-8,11-12,14,17H,9-10,13,15-16H2,1H3,(H,30,33)(H,34,35)/t17-/m0/s1. The number of amides is 2. The third-order valence-electron chi connectivity index (χ3n) is 6.07. The lowest BCUT2D eigenvalue weighted by molar-refractivity contribution is 0.0711. The second kappa shape index (κ2) is 10.8. The molecule has 0 bridgehead atoms. The Morgan fingerprint density at radius 3 is 2.69 bits per heavy atom. The molecule has 35 heavy (non-hydrogen) atoms. The summed E-state index contributed by atoms with van der Waals surface area (Å²) in [5, 5.41) is 12.4. The number of carbonyl (C=O) groups excluding carboxylic acids is 1. The maximum absolute atomic E-state index is 14.7. The summed E-state index contributed by atoms with van der Waals surface area (Å²) in [6.45, 7) is 4.54. The number of aromatic nitrogens is 1. The van der Waals surface area contributed by atoms with E-state index >= 15 is 0 Å². The van der Waals surface area contributed by atoms with Crippen LogP contribution in [0.2, 0.25) is 5.15 Å². The lowest BCUT2D eigenvalue weighted by Crippen LogP contribution is -2.53. The van der Waals surface area contributed by atoms with Crippen LogP contribution < -0.4 is 5.32 Å². The predicted molar refractivity (Wildman–Crippen MR) is 132 cm³/mol. The Kier molecular flexibility index (Phi) is 7.63. The van der Waals surface area contributed by atoms with Crippen molar-refractivity contribution in [2.45, 2.75) is 26.1 Å². The number of piperazine rings is 1. The molecule has 182 valence electrons. The Labute approximate surface area is 208 Å². The van der Waals surface area contributed by atoms with E-state index in [4.69, 9.17) is 11.6 Å². The van der Waals surface area contributed by atoms with Crippen LogP contribution in [0.15, 0.2) is 60.8 Å².